The molecule has 0 aliphatic heterocycles. The zero-order valence-electron chi connectivity index (χ0n) is 33.6. The third-order valence-corrected chi connectivity index (χ3v) is 9.84. The molecule has 0 saturated carbocycles. The highest BCUT2D eigenvalue weighted by atomic mass is 31.2. The average Bonchev–Trinajstić information content (AvgIpc) is 3.07. The molecule has 0 rings (SSSR count). The lowest BCUT2D eigenvalue weighted by Gasteiger charge is -2.28. The van der Waals surface area contributed by atoms with Crippen LogP contribution in [0.2, 0.25) is 0 Å². The van der Waals surface area contributed by atoms with Gasteiger partial charge >= 0.3 is 0 Å². The number of ether oxygens (including phenoxy) is 2. The van der Waals surface area contributed by atoms with Gasteiger partial charge in [0.15, 0.2) is 6.10 Å². The van der Waals surface area contributed by atoms with Gasteiger partial charge in [0.1, 0.15) is 19.8 Å². The minimum Gasteiger partial charge on any atom is -0.756 e. The lowest BCUT2D eigenvalue weighted by Crippen LogP contribution is -2.37. The summed E-state index contributed by atoms with van der Waals surface area (Å²) in [5, 5.41) is 0. The van der Waals surface area contributed by atoms with E-state index in [9.17, 15) is 9.46 Å². The number of quaternary nitrogens is 1. The van der Waals surface area contributed by atoms with Gasteiger partial charge in [-0.2, -0.15) is 0 Å². The summed E-state index contributed by atoms with van der Waals surface area (Å²) in [5.74, 6) is 0. The molecule has 0 N–H and O–H groups in total. The van der Waals surface area contributed by atoms with E-state index in [0.717, 1.165) is 25.7 Å². The molecule has 0 fully saturated rings. The van der Waals surface area contributed by atoms with Crippen LogP contribution in [0.5, 0.6) is 0 Å². The maximum atomic E-state index is 12.3. The minimum atomic E-state index is -4.43. The molecule has 0 saturated heterocycles. The van der Waals surface area contributed by atoms with Crippen molar-refractivity contribution < 1.29 is 32.5 Å². The van der Waals surface area contributed by atoms with Gasteiger partial charge in [0.25, 0.3) is 7.82 Å². The van der Waals surface area contributed by atoms with Crippen LogP contribution in [0.3, 0.4) is 0 Å². The molecular weight excluding hydrogens is 645 g/mol. The first-order valence-electron chi connectivity index (χ1n) is 20.8. The number of hydrogen-bond donors (Lipinski definition) is 0. The number of allylic oxidation sites excluding steroid dienone is 4. The van der Waals surface area contributed by atoms with Crippen LogP contribution < -0.4 is 4.89 Å². The zero-order valence-corrected chi connectivity index (χ0v) is 34.5. The van der Waals surface area contributed by atoms with Crippen LogP contribution >= 0.6 is 7.82 Å². The van der Waals surface area contributed by atoms with E-state index >= 15 is 0 Å². The third kappa shape index (κ3) is 39.7. The van der Waals surface area contributed by atoms with Gasteiger partial charge in [-0.1, -0.05) is 142 Å². The van der Waals surface area contributed by atoms with Crippen molar-refractivity contribution in [3.05, 3.63) is 36.8 Å². The number of hydrogen-bond acceptors (Lipinski definition) is 6. The fourth-order valence-corrected chi connectivity index (χ4v) is 6.29. The van der Waals surface area contributed by atoms with Crippen LogP contribution in [0.4, 0.5) is 0 Å². The van der Waals surface area contributed by atoms with E-state index in [1.165, 1.54) is 141 Å². The van der Waals surface area contributed by atoms with Crippen LogP contribution in [0.25, 0.3) is 0 Å². The highest BCUT2D eigenvalue weighted by Crippen LogP contribution is 2.38. The van der Waals surface area contributed by atoms with Gasteiger partial charge in [0.2, 0.25) is 0 Å². The maximum Gasteiger partial charge on any atom is 0.268 e. The predicted octanol–water partition coefficient (Wildman–Crippen LogP) is 12.4. The van der Waals surface area contributed by atoms with E-state index in [4.69, 9.17) is 18.5 Å². The van der Waals surface area contributed by atoms with Crippen LogP contribution in [0.15, 0.2) is 36.8 Å². The Hall–Kier alpha value is -1.11. The van der Waals surface area contributed by atoms with E-state index in [-0.39, 0.29) is 19.8 Å². The molecule has 7 nitrogen and oxygen atoms in total. The van der Waals surface area contributed by atoms with Crippen LogP contribution in [-0.4, -0.2) is 58.1 Å². The molecule has 50 heavy (non-hydrogen) atoms. The zero-order chi connectivity index (χ0) is 36.9. The largest absolute Gasteiger partial charge is 0.756 e. The van der Waals surface area contributed by atoms with Crippen molar-refractivity contribution in [1.29, 1.82) is 0 Å². The fraction of sp³-hybridized carbons (Fsp3) is 0.857. The lowest BCUT2D eigenvalue weighted by atomic mass is 10.0. The number of likely N-dealkylation sites (N-methyl/N-ethyl adjacent to an activating group) is 1. The second-order valence-corrected chi connectivity index (χ2v) is 16.5. The molecule has 0 heterocycles. The van der Waals surface area contributed by atoms with Crippen molar-refractivity contribution >= 4 is 7.82 Å². The average molecular weight is 728 g/mol. The molecule has 0 aliphatic rings. The Morgan fingerprint density at radius 1 is 0.540 bits per heavy atom. The predicted molar refractivity (Wildman–Crippen MR) is 212 cm³/mol. The third-order valence-electron chi connectivity index (χ3n) is 8.88. The van der Waals surface area contributed by atoms with Gasteiger partial charge < -0.3 is 27.9 Å². The SMILES string of the molecule is CCCCCC/C=C\CCCCCCCC/C=C\OC[C@H](COP(=O)([O-])OCC[N+](C)(C)C)O/C=C\CCCCCCCCCCCCCC. The van der Waals surface area contributed by atoms with Crippen molar-refractivity contribution in [2.24, 2.45) is 0 Å². The Kier molecular flexibility index (Phi) is 35.5. The number of rotatable bonds is 39. The first kappa shape index (κ1) is 48.9. The highest BCUT2D eigenvalue weighted by Gasteiger charge is 2.17. The molecule has 0 spiro atoms. The topological polar surface area (TPSA) is 77.1 Å². The summed E-state index contributed by atoms with van der Waals surface area (Å²) >= 11 is 0. The number of unbranched alkanes of at least 4 members (excludes halogenated alkanes) is 23. The summed E-state index contributed by atoms with van der Waals surface area (Å²) in [7, 11) is 1.52. The first-order chi connectivity index (χ1) is 24.2. The molecule has 0 aliphatic carbocycles. The second kappa shape index (κ2) is 36.3. The highest BCUT2D eigenvalue weighted by molar-refractivity contribution is 7.45. The van der Waals surface area contributed by atoms with E-state index in [1.54, 1.807) is 12.5 Å². The van der Waals surface area contributed by atoms with Gasteiger partial charge in [-0.25, -0.2) is 0 Å². The molecular formula is C42H82NO6P. The standard InChI is InChI=1S/C42H82NO6P/c1-6-8-10-12-14-16-18-20-22-23-24-26-28-30-32-34-37-46-40-42(41-49-50(44,45)48-39-36-43(3,4)5)47-38-35-33-31-29-27-25-21-19-17-15-13-11-9-7-2/h16,18,34-35,37-38,42H,6-15,17,19-33,36,39-41H2,1-5H3/b18-16-,37-34-,38-35-/t42-/m1/s1. The Morgan fingerprint density at radius 3 is 1.40 bits per heavy atom. The smallest absolute Gasteiger partial charge is 0.268 e. The minimum absolute atomic E-state index is 0.0740. The van der Waals surface area contributed by atoms with Crippen molar-refractivity contribution in [3.8, 4) is 0 Å². The van der Waals surface area contributed by atoms with E-state index in [2.05, 4.69) is 26.0 Å². The second-order valence-electron chi connectivity index (χ2n) is 15.1. The summed E-state index contributed by atoms with van der Waals surface area (Å²) in [4.78, 5) is 12.3. The molecule has 296 valence electrons. The lowest BCUT2D eigenvalue weighted by molar-refractivity contribution is -0.870. The summed E-state index contributed by atoms with van der Waals surface area (Å²) in [6, 6.07) is 0. The molecule has 0 radical (unpaired) electrons. The van der Waals surface area contributed by atoms with Crippen LogP contribution in [0.1, 0.15) is 181 Å². The van der Waals surface area contributed by atoms with Crippen LogP contribution in [0, 0.1) is 0 Å². The number of nitrogens with zero attached hydrogens (tertiary/aromatic N) is 1. The molecule has 0 amide bonds. The van der Waals surface area contributed by atoms with Crippen LogP contribution in [-0.2, 0) is 23.1 Å². The molecule has 0 aromatic rings. The summed E-state index contributed by atoms with van der Waals surface area (Å²) < 4.78 is 34.7. The quantitative estimate of drug-likeness (QED) is 0.0206. The Labute approximate surface area is 310 Å². The summed E-state index contributed by atoms with van der Waals surface area (Å²) in [6.45, 7) is 5.21. The number of phosphoric ester groups is 1. The Bertz CT molecular complexity index is 841. The van der Waals surface area contributed by atoms with E-state index < -0.39 is 13.9 Å². The monoisotopic (exact) mass is 728 g/mol. The Morgan fingerprint density at radius 2 is 0.940 bits per heavy atom. The number of phosphoric acid groups is 1. The molecule has 0 aromatic carbocycles. The van der Waals surface area contributed by atoms with Gasteiger partial charge in [0.05, 0.1) is 40.3 Å². The Balaban J connectivity index is 4.24. The van der Waals surface area contributed by atoms with Gasteiger partial charge in [0, 0.05) is 0 Å². The van der Waals surface area contributed by atoms with E-state index in [0.29, 0.717) is 11.0 Å². The van der Waals surface area contributed by atoms with E-state index in [1.807, 2.05) is 33.3 Å². The van der Waals surface area contributed by atoms with Crippen molar-refractivity contribution in [2.45, 2.75) is 187 Å². The molecule has 0 bridgehead atoms. The molecule has 8 heteroatoms. The molecule has 1 unspecified atom stereocenters. The van der Waals surface area contributed by atoms with Crippen molar-refractivity contribution in [3.63, 3.8) is 0 Å². The summed E-state index contributed by atoms with van der Waals surface area (Å²) in [6.07, 6.45) is 44.9. The van der Waals surface area contributed by atoms with Crippen molar-refractivity contribution in [1.82, 2.24) is 0 Å². The first-order valence-corrected chi connectivity index (χ1v) is 22.3. The maximum absolute atomic E-state index is 12.3. The van der Waals surface area contributed by atoms with Crippen molar-refractivity contribution in [2.75, 3.05) is 47.5 Å². The molecule has 2 atom stereocenters. The van der Waals surface area contributed by atoms with Gasteiger partial charge in [-0.05, 0) is 63.5 Å². The fourth-order valence-electron chi connectivity index (χ4n) is 5.56. The van der Waals surface area contributed by atoms with Gasteiger partial charge in [-0.3, -0.25) is 4.57 Å². The normalized spacial score (nSPS) is 14.3. The van der Waals surface area contributed by atoms with Gasteiger partial charge in [-0.15, -0.1) is 0 Å². The molecule has 0 aromatic heterocycles. The summed E-state index contributed by atoms with van der Waals surface area (Å²) in [5.41, 5.74) is 0.